The second kappa shape index (κ2) is 9.81. The molecule has 0 aliphatic heterocycles. The van der Waals surface area contributed by atoms with E-state index in [1.165, 1.54) is 25.1 Å². The number of hydrogen-bond acceptors (Lipinski definition) is 11. The molecule has 2 saturated carbocycles. The van der Waals surface area contributed by atoms with Crippen molar-refractivity contribution < 1.29 is 39.1 Å². The predicted octanol–water partition coefficient (Wildman–Crippen LogP) is 0.508. The second-order valence-corrected chi connectivity index (χ2v) is 11.6. The number of aromatic hydroxyl groups is 1. The Kier molecular flexibility index (Phi) is 6.78. The zero-order valence-corrected chi connectivity index (χ0v) is 23.4. The van der Waals surface area contributed by atoms with E-state index in [9.17, 15) is 44.3 Å². The van der Waals surface area contributed by atoms with Gasteiger partial charge in [-0.3, -0.25) is 39.0 Å². The van der Waals surface area contributed by atoms with Crippen molar-refractivity contribution in [2.45, 2.75) is 24.5 Å². The average molecular weight is 579 g/mol. The van der Waals surface area contributed by atoms with Gasteiger partial charge < -0.3 is 20.8 Å². The zero-order chi connectivity index (χ0) is 31.0. The quantitative estimate of drug-likeness (QED) is 0.253. The molecule has 3 aliphatic carbocycles. The van der Waals surface area contributed by atoms with Crippen LogP contribution in [0.15, 0.2) is 30.3 Å². The number of carbonyl (C=O) groups is 5. The largest absolute Gasteiger partial charge is 0.502 e. The maximum atomic E-state index is 14.0. The van der Waals surface area contributed by atoms with Gasteiger partial charge in [0.05, 0.1) is 22.4 Å². The van der Waals surface area contributed by atoms with Crippen LogP contribution in [0.2, 0.25) is 0 Å². The number of likely N-dealkylation sites (N-methyl/N-ethyl adjacent to an activating group) is 1. The van der Waals surface area contributed by atoms with E-state index in [4.69, 9.17) is 5.73 Å². The van der Waals surface area contributed by atoms with Gasteiger partial charge in [0.25, 0.3) is 0 Å². The summed E-state index contributed by atoms with van der Waals surface area (Å²) in [7, 11) is 6.69. The fraction of sp³-hybridized carbons (Fsp3) is 0.414. The molecular formula is C29H30N4O9. The van der Waals surface area contributed by atoms with Gasteiger partial charge in [0.2, 0.25) is 11.7 Å². The topological polar surface area (TPSA) is 201 Å². The standard InChI is InChI=1S/C29H30N4O9/c1-31(2)14-7-5-12(6-8-14)15-11-18(33(41)42)23(34)20-16(15)9-13-10-17-22(32(3)4)25(36)21(28(30)39)27(38)29(17,40)26(37)19(13)24(20)35/h5-8,11,13,17,19,21-22,34,40H,9-10H2,1-4H3,(H2,30,39)/t13-,17-,19?,21?,22-,29-/m1/s1. The molecule has 0 aromatic heterocycles. The van der Waals surface area contributed by atoms with Crippen LogP contribution in [0, 0.1) is 33.8 Å². The third kappa shape index (κ3) is 3.95. The van der Waals surface area contributed by atoms with Crippen LogP contribution < -0.4 is 10.6 Å². The Morgan fingerprint density at radius 1 is 1.07 bits per heavy atom. The second-order valence-electron chi connectivity index (χ2n) is 11.6. The first kappa shape index (κ1) is 29.0. The number of aliphatic hydroxyl groups is 1. The third-order valence-corrected chi connectivity index (χ3v) is 8.93. The Balaban J connectivity index is 1.70. The number of ketones is 4. The molecule has 0 heterocycles. The lowest BCUT2D eigenvalue weighted by Crippen LogP contribution is -2.74. The first-order valence-electron chi connectivity index (χ1n) is 13.3. The number of nitrogens with two attached hydrogens (primary N) is 1. The van der Waals surface area contributed by atoms with Gasteiger partial charge in [0, 0.05) is 31.8 Å². The third-order valence-electron chi connectivity index (χ3n) is 8.93. The van der Waals surface area contributed by atoms with E-state index in [0.717, 1.165) is 5.69 Å². The number of benzene rings is 2. The minimum Gasteiger partial charge on any atom is -0.502 e. The molecule has 6 atom stereocenters. The molecule has 2 aromatic carbocycles. The van der Waals surface area contributed by atoms with Crippen molar-refractivity contribution in [3.63, 3.8) is 0 Å². The lowest BCUT2D eigenvalue weighted by molar-refractivity contribution is -0.385. The van der Waals surface area contributed by atoms with Crippen molar-refractivity contribution in [2.24, 2.45) is 29.4 Å². The Morgan fingerprint density at radius 3 is 2.21 bits per heavy atom. The Bertz CT molecular complexity index is 1580. The van der Waals surface area contributed by atoms with Crippen LogP contribution in [0.5, 0.6) is 5.75 Å². The fourth-order valence-corrected chi connectivity index (χ4v) is 6.99. The average Bonchev–Trinajstić information content (AvgIpc) is 2.90. The summed E-state index contributed by atoms with van der Waals surface area (Å²) in [5, 5.41) is 34.5. The van der Waals surface area contributed by atoms with Crippen molar-refractivity contribution in [2.75, 3.05) is 33.1 Å². The first-order valence-corrected chi connectivity index (χ1v) is 13.3. The summed E-state index contributed by atoms with van der Waals surface area (Å²) < 4.78 is 0. The van der Waals surface area contributed by atoms with Gasteiger partial charge in [-0.2, -0.15) is 0 Å². The molecule has 220 valence electrons. The summed E-state index contributed by atoms with van der Waals surface area (Å²) in [6.07, 6.45) is -0.136. The lowest BCUT2D eigenvalue weighted by Gasteiger charge is -2.52. The number of carbonyl (C=O) groups excluding carboxylic acids is 5. The molecule has 0 saturated heterocycles. The lowest BCUT2D eigenvalue weighted by atomic mass is 9.52. The summed E-state index contributed by atoms with van der Waals surface area (Å²) in [6, 6.07) is 6.97. The van der Waals surface area contributed by atoms with Gasteiger partial charge in [0.15, 0.2) is 34.7 Å². The van der Waals surface area contributed by atoms with Gasteiger partial charge in [-0.25, -0.2) is 0 Å². The van der Waals surface area contributed by atoms with E-state index in [0.29, 0.717) is 11.1 Å². The van der Waals surface area contributed by atoms with E-state index in [2.05, 4.69) is 0 Å². The maximum absolute atomic E-state index is 14.0. The summed E-state index contributed by atoms with van der Waals surface area (Å²) in [5.41, 5.74) is 3.26. The molecule has 0 bridgehead atoms. The molecule has 0 spiro atoms. The molecule has 3 aliphatic rings. The summed E-state index contributed by atoms with van der Waals surface area (Å²) in [6.45, 7) is 0. The number of phenols is 1. The molecule has 1 amide bonds. The SMILES string of the molecule is CN(C)c1ccc(-c2cc([N+](=O)[O-])c(O)c3c2C[C@@H]2C[C@@H]4[C@@H](N(C)C)C(=O)C(C(N)=O)C(=O)[C@]4(O)C(=O)C2C3=O)cc1. The van der Waals surface area contributed by atoms with Gasteiger partial charge >= 0.3 is 5.69 Å². The van der Waals surface area contributed by atoms with Gasteiger partial charge in [-0.15, -0.1) is 0 Å². The Hall–Kier alpha value is -4.49. The maximum Gasteiger partial charge on any atom is 0.312 e. The summed E-state index contributed by atoms with van der Waals surface area (Å²) in [4.78, 5) is 81.1. The highest BCUT2D eigenvalue weighted by molar-refractivity contribution is 6.32. The fourth-order valence-electron chi connectivity index (χ4n) is 6.99. The normalized spacial score (nSPS) is 28.7. The van der Waals surface area contributed by atoms with E-state index in [-0.39, 0.29) is 18.4 Å². The summed E-state index contributed by atoms with van der Waals surface area (Å²) in [5.74, 6) is -12.5. The van der Waals surface area contributed by atoms with Gasteiger partial charge in [-0.1, -0.05) is 12.1 Å². The van der Waals surface area contributed by atoms with Crippen molar-refractivity contribution in [1.82, 2.24) is 4.90 Å². The minimum atomic E-state index is -2.88. The number of nitro benzene ring substituents is 1. The number of fused-ring (bicyclic) bond motifs is 3. The number of phenolic OH excluding ortho intramolecular Hbond substituents is 1. The highest BCUT2D eigenvalue weighted by Gasteiger charge is 2.69. The number of anilines is 1. The highest BCUT2D eigenvalue weighted by atomic mass is 16.6. The number of primary amides is 1. The monoisotopic (exact) mass is 578 g/mol. The number of amides is 1. The number of Topliss-reactive ketones (excluding diaryl/α,β-unsaturated/α-hetero) is 4. The van der Waals surface area contributed by atoms with Crippen LogP contribution in [-0.4, -0.2) is 88.9 Å². The van der Waals surface area contributed by atoms with E-state index >= 15 is 0 Å². The zero-order valence-electron chi connectivity index (χ0n) is 23.4. The van der Waals surface area contributed by atoms with E-state index in [1.807, 2.05) is 19.0 Å². The Labute approximate surface area is 240 Å². The molecule has 4 N–H and O–H groups in total. The Morgan fingerprint density at radius 2 is 1.69 bits per heavy atom. The van der Waals surface area contributed by atoms with Crippen molar-refractivity contribution in [3.8, 4) is 16.9 Å². The number of nitrogens with zero attached hydrogens (tertiary/aromatic N) is 3. The van der Waals surface area contributed by atoms with Gasteiger partial charge in [-0.05, 0) is 61.7 Å². The molecule has 2 aromatic rings. The van der Waals surface area contributed by atoms with Crippen LogP contribution in [0.25, 0.3) is 11.1 Å². The minimum absolute atomic E-state index is 0.0117. The molecular weight excluding hydrogens is 548 g/mol. The van der Waals surface area contributed by atoms with Gasteiger partial charge in [0.1, 0.15) is 0 Å². The molecule has 13 heteroatoms. The van der Waals surface area contributed by atoms with Crippen LogP contribution in [0.4, 0.5) is 11.4 Å². The molecule has 0 radical (unpaired) electrons. The van der Waals surface area contributed by atoms with Crippen LogP contribution >= 0.6 is 0 Å². The van der Waals surface area contributed by atoms with Crippen molar-refractivity contribution in [3.05, 3.63) is 51.6 Å². The highest BCUT2D eigenvalue weighted by Crippen LogP contribution is 2.53. The van der Waals surface area contributed by atoms with Crippen molar-refractivity contribution >= 4 is 40.4 Å². The number of nitro groups is 1. The van der Waals surface area contributed by atoms with E-state index in [1.54, 1.807) is 24.3 Å². The molecule has 2 fully saturated rings. The molecule has 13 nitrogen and oxygen atoms in total. The van der Waals surface area contributed by atoms with Crippen LogP contribution in [0.3, 0.4) is 0 Å². The molecule has 2 unspecified atom stereocenters. The number of rotatable bonds is 5. The van der Waals surface area contributed by atoms with Crippen LogP contribution in [-0.2, 0) is 25.6 Å². The summed E-state index contributed by atoms with van der Waals surface area (Å²) >= 11 is 0. The number of hydrogen-bond donors (Lipinski definition) is 3. The smallest absolute Gasteiger partial charge is 0.312 e. The predicted molar refractivity (Wildman–Crippen MR) is 148 cm³/mol. The first-order chi connectivity index (χ1) is 19.6. The van der Waals surface area contributed by atoms with Crippen LogP contribution in [0.1, 0.15) is 22.3 Å². The molecule has 42 heavy (non-hydrogen) atoms. The molecule has 5 rings (SSSR count). The van der Waals surface area contributed by atoms with E-state index < -0.39 is 86.3 Å². The van der Waals surface area contributed by atoms with Crippen molar-refractivity contribution in [1.29, 1.82) is 0 Å².